The Labute approximate surface area is 205 Å². The maximum atomic E-state index is 13.3. The van der Waals surface area contributed by atoms with Crippen LogP contribution >= 0.6 is 11.3 Å². The average molecular weight is 487 g/mol. The molecule has 1 aliphatic rings. The first kappa shape index (κ1) is 22.5. The number of hydrogen-bond donors (Lipinski definition) is 1. The van der Waals surface area contributed by atoms with Gasteiger partial charge in [-0.3, -0.25) is 14.5 Å². The first-order chi connectivity index (χ1) is 16.9. The van der Waals surface area contributed by atoms with Crippen molar-refractivity contribution >= 4 is 39.6 Å². The van der Waals surface area contributed by atoms with Crippen molar-refractivity contribution in [2.24, 2.45) is 0 Å². The topological polar surface area (TPSA) is 97.0 Å². The van der Waals surface area contributed by atoms with E-state index in [1.165, 1.54) is 16.2 Å². The predicted molar refractivity (Wildman–Crippen MR) is 134 cm³/mol. The van der Waals surface area contributed by atoms with Crippen molar-refractivity contribution < 1.29 is 19.4 Å². The van der Waals surface area contributed by atoms with Gasteiger partial charge in [-0.2, -0.15) is 0 Å². The largest absolute Gasteiger partial charge is 0.505 e. The van der Waals surface area contributed by atoms with Crippen molar-refractivity contribution in [2.75, 3.05) is 11.5 Å². The van der Waals surface area contributed by atoms with Crippen LogP contribution in [0.3, 0.4) is 0 Å². The van der Waals surface area contributed by atoms with Crippen LogP contribution in [-0.2, 0) is 9.59 Å². The number of hydrogen-bond acceptors (Lipinski definition) is 7. The number of thiazole rings is 1. The Balaban J connectivity index is 1.70. The third-order valence-corrected chi connectivity index (χ3v) is 6.71. The second kappa shape index (κ2) is 8.84. The summed E-state index contributed by atoms with van der Waals surface area (Å²) < 4.78 is 7.42. The van der Waals surface area contributed by atoms with E-state index in [-0.39, 0.29) is 17.0 Å². The fraction of sp³-hybridized carbons (Fsp3) is 0.154. The van der Waals surface area contributed by atoms with E-state index < -0.39 is 17.7 Å². The average Bonchev–Trinajstić information content (AvgIpc) is 3.57. The number of ketones is 1. The van der Waals surface area contributed by atoms with E-state index in [2.05, 4.69) is 16.5 Å². The number of rotatable bonds is 6. The van der Waals surface area contributed by atoms with Gasteiger partial charge in [0.05, 0.1) is 17.3 Å². The minimum atomic E-state index is -0.875. The third-order valence-electron chi connectivity index (χ3n) is 5.94. The van der Waals surface area contributed by atoms with Crippen LogP contribution in [0.4, 0.5) is 5.13 Å². The number of amides is 1. The van der Waals surface area contributed by atoms with Gasteiger partial charge in [-0.25, -0.2) is 9.97 Å². The van der Waals surface area contributed by atoms with E-state index in [1.54, 1.807) is 41.9 Å². The van der Waals surface area contributed by atoms with Gasteiger partial charge in [0.2, 0.25) is 0 Å². The molecule has 0 spiro atoms. The van der Waals surface area contributed by atoms with Crippen molar-refractivity contribution in [3.63, 3.8) is 0 Å². The number of benzene rings is 1. The van der Waals surface area contributed by atoms with Gasteiger partial charge in [-0.1, -0.05) is 30.9 Å². The molecule has 0 bridgehead atoms. The lowest BCUT2D eigenvalue weighted by molar-refractivity contribution is -0.132. The van der Waals surface area contributed by atoms with Crippen LogP contribution in [0.5, 0.6) is 5.75 Å². The molecule has 9 heteroatoms. The van der Waals surface area contributed by atoms with E-state index in [4.69, 9.17) is 4.74 Å². The summed E-state index contributed by atoms with van der Waals surface area (Å²) in [5, 5.41) is 13.5. The number of nitrogens with zero attached hydrogens (tertiary/aromatic N) is 4. The quantitative estimate of drug-likeness (QED) is 0.185. The number of Topliss-reactive ketones (excluding diaryl/α,β-unsaturated/α-hetero) is 1. The highest BCUT2D eigenvalue weighted by molar-refractivity contribution is 7.14. The number of carbonyl (C=O) groups is 2. The molecule has 0 saturated carbocycles. The van der Waals surface area contributed by atoms with Crippen LogP contribution in [0.1, 0.15) is 28.6 Å². The van der Waals surface area contributed by atoms with E-state index >= 15 is 0 Å². The molecular weight excluding hydrogens is 464 g/mol. The number of aliphatic hydroxyl groups is 1. The fourth-order valence-corrected chi connectivity index (χ4v) is 4.92. The molecule has 5 rings (SSSR count). The number of pyridine rings is 1. The van der Waals surface area contributed by atoms with Crippen molar-refractivity contribution in [3.8, 4) is 5.75 Å². The smallest absolute Gasteiger partial charge is 0.301 e. The first-order valence-electron chi connectivity index (χ1n) is 10.9. The molecule has 35 heavy (non-hydrogen) atoms. The van der Waals surface area contributed by atoms with Crippen molar-refractivity contribution in [1.82, 2.24) is 14.4 Å². The molecule has 1 atom stereocenters. The molecule has 4 aromatic rings. The number of fused-ring (bicyclic) bond motifs is 1. The minimum Gasteiger partial charge on any atom is -0.505 e. The molecule has 176 valence electrons. The summed E-state index contributed by atoms with van der Waals surface area (Å²) in [6, 6.07) is 9.97. The minimum absolute atomic E-state index is 0.0332. The van der Waals surface area contributed by atoms with Gasteiger partial charge in [0.25, 0.3) is 5.78 Å². The maximum absolute atomic E-state index is 13.3. The normalized spacial score (nSPS) is 17.3. The van der Waals surface area contributed by atoms with E-state index in [0.717, 1.165) is 5.56 Å². The summed E-state index contributed by atoms with van der Waals surface area (Å²) >= 11 is 1.24. The zero-order valence-corrected chi connectivity index (χ0v) is 20.0. The second-order valence-corrected chi connectivity index (χ2v) is 8.96. The van der Waals surface area contributed by atoms with Gasteiger partial charge < -0.3 is 14.2 Å². The monoisotopic (exact) mass is 486 g/mol. The molecule has 1 aliphatic heterocycles. The highest BCUT2D eigenvalue weighted by atomic mass is 32.1. The Morgan fingerprint density at radius 2 is 2.00 bits per heavy atom. The summed E-state index contributed by atoms with van der Waals surface area (Å²) in [7, 11) is 0. The molecule has 0 aliphatic carbocycles. The SMILES string of the molecule is C=CCOc1ccc(C2/C(=C(\O)c3nc4c(C)cccn4c3C)C(=O)C(=O)N2c2nccs2)cc1. The van der Waals surface area contributed by atoms with Crippen LogP contribution in [0, 0.1) is 13.8 Å². The molecule has 1 unspecified atom stereocenters. The zero-order valence-electron chi connectivity index (χ0n) is 19.1. The summed E-state index contributed by atoms with van der Waals surface area (Å²) in [4.78, 5) is 36.7. The number of carbonyl (C=O) groups excluding carboxylic acids is 2. The Hall–Kier alpha value is -4.24. The van der Waals surface area contributed by atoms with Crippen molar-refractivity contribution in [2.45, 2.75) is 19.9 Å². The highest BCUT2D eigenvalue weighted by Crippen LogP contribution is 2.43. The fourth-order valence-electron chi connectivity index (χ4n) is 4.26. The number of aromatic nitrogens is 3. The molecule has 1 aromatic carbocycles. The Bertz CT molecular complexity index is 1490. The number of anilines is 1. The summed E-state index contributed by atoms with van der Waals surface area (Å²) in [6.07, 6.45) is 5.05. The van der Waals surface area contributed by atoms with Crippen molar-refractivity contribution in [3.05, 3.63) is 94.9 Å². The van der Waals surface area contributed by atoms with Gasteiger partial charge in [0.15, 0.2) is 10.9 Å². The van der Waals surface area contributed by atoms with Gasteiger partial charge in [0.1, 0.15) is 23.7 Å². The van der Waals surface area contributed by atoms with Gasteiger partial charge in [-0.15, -0.1) is 11.3 Å². The van der Waals surface area contributed by atoms with Gasteiger partial charge in [0, 0.05) is 17.8 Å². The summed E-state index contributed by atoms with van der Waals surface area (Å²) in [5.74, 6) is -1.24. The molecule has 1 saturated heterocycles. The van der Waals surface area contributed by atoms with Crippen LogP contribution < -0.4 is 9.64 Å². The molecule has 1 amide bonds. The lowest BCUT2D eigenvalue weighted by Crippen LogP contribution is -2.29. The number of ether oxygens (including phenoxy) is 1. The standard InChI is InChI=1S/C26H22N4O4S/c1-4-13-34-18-9-7-17(8-10-18)21-19(23(32)25(33)30(21)26-27-11-14-35-26)22(31)20-16(3)29-12-5-6-15(2)24(29)28-20/h4-12,14,21,31H,1,13H2,2-3H3/b22-19+. The van der Waals surface area contributed by atoms with E-state index in [1.807, 2.05) is 36.6 Å². The van der Waals surface area contributed by atoms with Crippen molar-refractivity contribution in [1.29, 1.82) is 0 Å². The number of imidazole rings is 1. The molecule has 0 radical (unpaired) electrons. The second-order valence-electron chi connectivity index (χ2n) is 8.08. The number of aryl methyl sites for hydroxylation is 2. The van der Waals surface area contributed by atoms with Crippen LogP contribution in [0.2, 0.25) is 0 Å². The molecule has 1 fully saturated rings. The molecular formula is C26H22N4O4S. The summed E-state index contributed by atoms with van der Waals surface area (Å²) in [5.41, 5.74) is 3.10. The zero-order chi connectivity index (χ0) is 24.7. The van der Waals surface area contributed by atoms with E-state index in [9.17, 15) is 14.7 Å². The predicted octanol–water partition coefficient (Wildman–Crippen LogP) is 4.60. The lowest BCUT2D eigenvalue weighted by atomic mass is 9.96. The molecule has 1 N–H and O–H groups in total. The highest BCUT2D eigenvalue weighted by Gasteiger charge is 2.48. The summed E-state index contributed by atoms with van der Waals surface area (Å²) in [6.45, 7) is 7.73. The van der Waals surface area contributed by atoms with Gasteiger partial charge >= 0.3 is 5.91 Å². The van der Waals surface area contributed by atoms with E-state index in [0.29, 0.717) is 34.4 Å². The lowest BCUT2D eigenvalue weighted by Gasteiger charge is -2.23. The Kier molecular flexibility index (Phi) is 5.70. The molecule has 8 nitrogen and oxygen atoms in total. The molecule has 4 heterocycles. The van der Waals surface area contributed by atoms with Crippen LogP contribution in [0.15, 0.2) is 72.4 Å². The first-order valence-corrected chi connectivity index (χ1v) is 11.8. The Morgan fingerprint density at radius 1 is 1.23 bits per heavy atom. The van der Waals surface area contributed by atoms with Crippen LogP contribution in [0.25, 0.3) is 11.4 Å². The Morgan fingerprint density at radius 3 is 2.66 bits per heavy atom. The van der Waals surface area contributed by atoms with Gasteiger partial charge in [-0.05, 0) is 43.2 Å². The molecule has 3 aromatic heterocycles. The van der Waals surface area contributed by atoms with Crippen LogP contribution in [-0.4, -0.2) is 37.8 Å². The number of aliphatic hydroxyl groups excluding tert-OH is 1. The third kappa shape index (κ3) is 3.70. The maximum Gasteiger partial charge on any atom is 0.301 e.